The Balaban J connectivity index is 2.40. The predicted molar refractivity (Wildman–Crippen MR) is 101 cm³/mol. The van der Waals surface area contributed by atoms with Crippen molar-refractivity contribution < 1.29 is 19.0 Å². The summed E-state index contributed by atoms with van der Waals surface area (Å²) in [6.07, 6.45) is 1.78. The van der Waals surface area contributed by atoms with E-state index in [1.54, 1.807) is 44.4 Å². The van der Waals surface area contributed by atoms with E-state index >= 15 is 0 Å². The van der Waals surface area contributed by atoms with Gasteiger partial charge in [0.2, 0.25) is 0 Å². The van der Waals surface area contributed by atoms with Gasteiger partial charge in [-0.15, -0.1) is 0 Å². The number of methoxy groups -OCH3 is 3. The van der Waals surface area contributed by atoms with Crippen molar-refractivity contribution in [1.82, 2.24) is 4.90 Å². The predicted octanol–water partition coefficient (Wildman–Crippen LogP) is 3.57. The largest absolute Gasteiger partial charge is 0.496 e. The Morgan fingerprint density at radius 2 is 1.71 bits per heavy atom. The molecule has 0 atom stereocenters. The zero-order chi connectivity index (χ0) is 17.9. The average molecular weight is 367 g/mol. The molecule has 1 amide bonds. The van der Waals surface area contributed by atoms with Gasteiger partial charge in [-0.3, -0.25) is 9.69 Å². The molecule has 0 bridgehead atoms. The molecule has 1 fully saturated rings. The zero-order valence-electron chi connectivity index (χ0n) is 14.4. The second kappa shape index (κ2) is 7.90. The van der Waals surface area contributed by atoms with Crippen LogP contribution in [0.15, 0.2) is 17.0 Å². The Hall–Kier alpha value is -1.73. The van der Waals surface area contributed by atoms with Crippen molar-refractivity contribution in [3.05, 3.63) is 22.6 Å². The van der Waals surface area contributed by atoms with Gasteiger partial charge in [-0.05, 0) is 18.1 Å². The molecule has 0 aliphatic carbocycles. The van der Waals surface area contributed by atoms with Crippen LogP contribution in [0.25, 0.3) is 6.08 Å². The van der Waals surface area contributed by atoms with Crippen LogP contribution in [0, 0.1) is 5.92 Å². The van der Waals surface area contributed by atoms with Crippen LogP contribution in [0.1, 0.15) is 19.4 Å². The molecule has 7 heteroatoms. The molecule has 0 saturated carbocycles. The fraction of sp³-hybridized carbons (Fsp3) is 0.412. The van der Waals surface area contributed by atoms with Crippen LogP contribution < -0.4 is 14.2 Å². The molecule has 1 aliphatic rings. The molecule has 0 radical (unpaired) electrons. The third kappa shape index (κ3) is 3.84. The van der Waals surface area contributed by atoms with E-state index in [4.69, 9.17) is 26.4 Å². The quantitative estimate of drug-likeness (QED) is 0.566. The number of carbonyl (C=O) groups is 1. The lowest BCUT2D eigenvalue weighted by molar-refractivity contribution is -0.122. The molecule has 0 N–H and O–H groups in total. The minimum Gasteiger partial charge on any atom is -0.496 e. The third-order valence-corrected chi connectivity index (χ3v) is 4.82. The fourth-order valence-electron chi connectivity index (χ4n) is 2.33. The van der Waals surface area contributed by atoms with Crippen molar-refractivity contribution in [3.8, 4) is 17.2 Å². The summed E-state index contributed by atoms with van der Waals surface area (Å²) in [5.41, 5.74) is 0.736. The normalized spacial score (nSPS) is 16.2. The van der Waals surface area contributed by atoms with Gasteiger partial charge in [0.25, 0.3) is 5.91 Å². The van der Waals surface area contributed by atoms with Gasteiger partial charge in [0.1, 0.15) is 10.1 Å². The summed E-state index contributed by atoms with van der Waals surface area (Å²) in [6, 6.07) is 3.52. The third-order valence-electron chi connectivity index (χ3n) is 3.44. The van der Waals surface area contributed by atoms with Gasteiger partial charge in [-0.1, -0.05) is 37.8 Å². The lowest BCUT2D eigenvalue weighted by atomic mass is 10.1. The minimum atomic E-state index is -0.0736. The van der Waals surface area contributed by atoms with Gasteiger partial charge >= 0.3 is 0 Å². The van der Waals surface area contributed by atoms with E-state index in [-0.39, 0.29) is 5.91 Å². The first-order chi connectivity index (χ1) is 11.4. The maximum atomic E-state index is 12.6. The maximum Gasteiger partial charge on any atom is 0.266 e. The maximum absolute atomic E-state index is 12.6. The smallest absolute Gasteiger partial charge is 0.266 e. The highest BCUT2D eigenvalue weighted by molar-refractivity contribution is 8.26. The highest BCUT2D eigenvalue weighted by atomic mass is 32.2. The Morgan fingerprint density at radius 1 is 1.12 bits per heavy atom. The van der Waals surface area contributed by atoms with Crippen molar-refractivity contribution >= 4 is 40.3 Å². The summed E-state index contributed by atoms with van der Waals surface area (Å²) < 4.78 is 16.6. The first-order valence-electron chi connectivity index (χ1n) is 7.46. The van der Waals surface area contributed by atoms with Crippen molar-refractivity contribution in [2.24, 2.45) is 5.92 Å². The number of thiocarbonyl (C=S) groups is 1. The van der Waals surface area contributed by atoms with Crippen LogP contribution in [0.5, 0.6) is 17.2 Å². The molecule has 0 aromatic heterocycles. The van der Waals surface area contributed by atoms with E-state index in [0.717, 1.165) is 5.56 Å². The van der Waals surface area contributed by atoms with Crippen molar-refractivity contribution in [2.45, 2.75) is 13.8 Å². The van der Waals surface area contributed by atoms with Crippen LogP contribution in [0.4, 0.5) is 0 Å². The summed E-state index contributed by atoms with van der Waals surface area (Å²) in [7, 11) is 4.70. The fourth-order valence-corrected chi connectivity index (χ4v) is 3.60. The highest BCUT2D eigenvalue weighted by Gasteiger charge is 2.32. The Labute approximate surface area is 151 Å². The number of hydrogen-bond acceptors (Lipinski definition) is 6. The van der Waals surface area contributed by atoms with Gasteiger partial charge in [0.15, 0.2) is 11.5 Å². The second-order valence-corrected chi connectivity index (χ2v) is 7.31. The molecule has 5 nitrogen and oxygen atoms in total. The van der Waals surface area contributed by atoms with Crippen molar-refractivity contribution in [1.29, 1.82) is 0 Å². The van der Waals surface area contributed by atoms with E-state index in [1.165, 1.54) is 11.8 Å². The van der Waals surface area contributed by atoms with E-state index in [9.17, 15) is 4.79 Å². The monoisotopic (exact) mass is 367 g/mol. The number of amides is 1. The van der Waals surface area contributed by atoms with Gasteiger partial charge in [0, 0.05) is 18.2 Å². The second-order valence-electron chi connectivity index (χ2n) is 5.64. The van der Waals surface area contributed by atoms with Crippen LogP contribution in [-0.4, -0.2) is 43.0 Å². The lowest BCUT2D eigenvalue weighted by Crippen LogP contribution is -2.31. The van der Waals surface area contributed by atoms with Crippen LogP contribution in [0.3, 0.4) is 0 Å². The molecular formula is C17H21NO4S2. The summed E-state index contributed by atoms with van der Waals surface area (Å²) >= 11 is 6.63. The van der Waals surface area contributed by atoms with Crippen molar-refractivity contribution in [3.63, 3.8) is 0 Å². The number of hydrogen-bond donors (Lipinski definition) is 0. The Kier molecular flexibility index (Phi) is 6.12. The van der Waals surface area contributed by atoms with Crippen molar-refractivity contribution in [2.75, 3.05) is 27.9 Å². The zero-order valence-corrected chi connectivity index (χ0v) is 16.0. The summed E-state index contributed by atoms with van der Waals surface area (Å²) in [5.74, 6) is 2.01. The van der Waals surface area contributed by atoms with Crippen LogP contribution in [-0.2, 0) is 4.79 Å². The topological polar surface area (TPSA) is 48.0 Å². The molecule has 1 aliphatic heterocycles. The van der Waals surface area contributed by atoms with Gasteiger partial charge < -0.3 is 14.2 Å². The number of carbonyl (C=O) groups excluding carboxylic acids is 1. The van der Waals surface area contributed by atoms with E-state index in [2.05, 4.69) is 13.8 Å². The summed E-state index contributed by atoms with van der Waals surface area (Å²) in [5, 5.41) is 0. The molecule has 24 heavy (non-hydrogen) atoms. The first-order valence-corrected chi connectivity index (χ1v) is 8.69. The minimum absolute atomic E-state index is 0.0736. The van der Waals surface area contributed by atoms with E-state index < -0.39 is 0 Å². The van der Waals surface area contributed by atoms with Gasteiger partial charge in [-0.2, -0.15) is 0 Å². The average Bonchev–Trinajstić information content (AvgIpc) is 2.81. The number of nitrogens with zero attached hydrogens (tertiary/aromatic N) is 1. The molecule has 1 aromatic carbocycles. The molecule has 0 unspecified atom stereocenters. The molecular weight excluding hydrogens is 346 g/mol. The van der Waals surface area contributed by atoms with Gasteiger partial charge in [-0.25, -0.2) is 0 Å². The number of rotatable bonds is 6. The number of benzene rings is 1. The Morgan fingerprint density at radius 3 is 2.25 bits per heavy atom. The first kappa shape index (κ1) is 18.6. The Bertz CT molecular complexity index is 685. The molecule has 1 heterocycles. The molecule has 130 valence electrons. The molecule has 2 rings (SSSR count). The van der Waals surface area contributed by atoms with Crippen LogP contribution in [0.2, 0.25) is 0 Å². The van der Waals surface area contributed by atoms with E-state index in [0.29, 0.717) is 38.9 Å². The summed E-state index contributed by atoms with van der Waals surface area (Å²) in [6.45, 7) is 4.73. The summed E-state index contributed by atoms with van der Waals surface area (Å²) in [4.78, 5) is 14.8. The standard InChI is InChI=1S/C17H21NO4S2/c1-10(2)9-18-16(19)15(24-17(18)23)7-11-6-13(21-4)14(22-5)8-12(11)20-3/h6-8,10H,9H2,1-5H3/b15-7-. The van der Waals surface area contributed by atoms with E-state index in [1.807, 2.05) is 0 Å². The molecule has 1 aromatic rings. The SMILES string of the molecule is COc1cc(OC)c(OC)cc1/C=C1\SC(=S)N(CC(C)C)C1=O. The molecule has 0 spiro atoms. The lowest BCUT2D eigenvalue weighted by Gasteiger charge is -2.16. The van der Waals surface area contributed by atoms with Crippen LogP contribution >= 0.6 is 24.0 Å². The van der Waals surface area contributed by atoms with Gasteiger partial charge in [0.05, 0.1) is 26.2 Å². The highest BCUT2D eigenvalue weighted by Crippen LogP contribution is 2.39. The number of thioether (sulfide) groups is 1. The molecule has 1 saturated heterocycles. The number of ether oxygens (including phenoxy) is 3.